The zero-order valence-electron chi connectivity index (χ0n) is 22.0. The molecule has 4 aromatic rings. The molecule has 3 N–H and O–H groups in total. The zero-order chi connectivity index (χ0) is 29.4. The molecule has 0 saturated carbocycles. The molecule has 0 aromatic heterocycles. The molecule has 210 valence electrons. The van der Waals surface area contributed by atoms with E-state index in [2.05, 4.69) is 16.0 Å². The van der Waals surface area contributed by atoms with E-state index < -0.39 is 17.6 Å². The van der Waals surface area contributed by atoms with E-state index in [1.54, 1.807) is 41.3 Å². The van der Waals surface area contributed by atoms with Crippen molar-refractivity contribution >= 4 is 40.5 Å². The highest BCUT2D eigenvalue weighted by Crippen LogP contribution is 2.30. The van der Waals surface area contributed by atoms with Crippen molar-refractivity contribution in [2.75, 3.05) is 33.9 Å². The van der Waals surface area contributed by atoms with Crippen molar-refractivity contribution in [3.05, 3.63) is 120 Å². The van der Waals surface area contributed by atoms with Crippen LogP contribution >= 0.6 is 0 Å². The van der Waals surface area contributed by atoms with Gasteiger partial charge < -0.3 is 20.9 Å². The van der Waals surface area contributed by atoms with Crippen LogP contribution in [0.15, 0.2) is 103 Å². The Balaban J connectivity index is 1.32. The molecular formula is C31H27F3N4O3. The summed E-state index contributed by atoms with van der Waals surface area (Å²) in [4.78, 5) is 39.7. The van der Waals surface area contributed by atoms with Crippen LogP contribution < -0.4 is 20.9 Å². The lowest BCUT2D eigenvalue weighted by Gasteiger charge is -2.21. The number of carbonyl (C=O) groups excluding carboxylic acids is 3. The van der Waals surface area contributed by atoms with Gasteiger partial charge in [0.25, 0.3) is 11.8 Å². The van der Waals surface area contributed by atoms with Crippen molar-refractivity contribution in [3.8, 4) is 0 Å². The van der Waals surface area contributed by atoms with Crippen LogP contribution in [-0.4, -0.2) is 30.8 Å². The van der Waals surface area contributed by atoms with E-state index in [9.17, 15) is 27.6 Å². The lowest BCUT2D eigenvalue weighted by molar-refractivity contribution is -0.137. The second-order valence-electron chi connectivity index (χ2n) is 8.98. The molecule has 0 aliphatic rings. The van der Waals surface area contributed by atoms with E-state index in [0.29, 0.717) is 23.5 Å². The molecule has 0 atom stereocenters. The third-order valence-electron chi connectivity index (χ3n) is 6.07. The first kappa shape index (κ1) is 28.9. The van der Waals surface area contributed by atoms with Crippen molar-refractivity contribution in [1.82, 2.24) is 0 Å². The van der Waals surface area contributed by atoms with E-state index >= 15 is 0 Å². The van der Waals surface area contributed by atoms with Crippen LogP contribution in [0, 0.1) is 0 Å². The summed E-state index contributed by atoms with van der Waals surface area (Å²) < 4.78 is 38.9. The average Bonchev–Trinajstić information content (AvgIpc) is 2.97. The Labute approximate surface area is 235 Å². The van der Waals surface area contributed by atoms with Crippen molar-refractivity contribution in [2.45, 2.75) is 13.1 Å². The summed E-state index contributed by atoms with van der Waals surface area (Å²) in [5.41, 5.74) is 1.59. The second kappa shape index (κ2) is 12.8. The van der Waals surface area contributed by atoms with Gasteiger partial charge in [0.15, 0.2) is 0 Å². The van der Waals surface area contributed by atoms with Gasteiger partial charge in [-0.05, 0) is 79.7 Å². The zero-order valence-corrected chi connectivity index (χ0v) is 22.0. The van der Waals surface area contributed by atoms with E-state index in [0.717, 1.165) is 17.8 Å². The molecule has 0 bridgehead atoms. The normalized spacial score (nSPS) is 10.9. The molecular weight excluding hydrogens is 533 g/mol. The summed E-state index contributed by atoms with van der Waals surface area (Å²) in [7, 11) is 0. The van der Waals surface area contributed by atoms with Gasteiger partial charge in [0.05, 0.1) is 12.1 Å². The number of nitrogens with zero attached hydrogens (tertiary/aromatic N) is 1. The first-order chi connectivity index (χ1) is 19.6. The topological polar surface area (TPSA) is 90.5 Å². The number of hydrogen-bond donors (Lipinski definition) is 3. The highest BCUT2D eigenvalue weighted by Gasteiger charge is 2.30. The van der Waals surface area contributed by atoms with E-state index in [-0.39, 0.29) is 29.6 Å². The van der Waals surface area contributed by atoms with Crippen molar-refractivity contribution in [2.24, 2.45) is 0 Å². The molecule has 4 aromatic carbocycles. The average molecular weight is 561 g/mol. The SMILES string of the molecule is CCN(C(=O)c1ccc(NC(=O)CNc2cccc(C(=O)Nc3cccc(C(F)(F)F)c3)c2)cc1)c1ccccc1. The van der Waals surface area contributed by atoms with E-state index in [1.807, 2.05) is 37.3 Å². The second-order valence-corrected chi connectivity index (χ2v) is 8.98. The number of alkyl halides is 3. The minimum Gasteiger partial charge on any atom is -0.376 e. The summed E-state index contributed by atoms with van der Waals surface area (Å²) in [5.74, 6) is -1.11. The van der Waals surface area contributed by atoms with E-state index in [4.69, 9.17) is 0 Å². The molecule has 3 amide bonds. The maximum atomic E-state index is 13.0. The fourth-order valence-corrected chi connectivity index (χ4v) is 4.04. The molecule has 0 aliphatic carbocycles. The van der Waals surface area contributed by atoms with Crippen LogP contribution in [0.1, 0.15) is 33.2 Å². The minimum absolute atomic E-state index is 0.0118. The van der Waals surface area contributed by atoms with Gasteiger partial charge >= 0.3 is 6.18 Å². The Morgan fingerprint density at radius 3 is 2.07 bits per heavy atom. The number of nitrogens with one attached hydrogen (secondary N) is 3. The van der Waals surface area contributed by atoms with Gasteiger partial charge in [0.1, 0.15) is 0 Å². The largest absolute Gasteiger partial charge is 0.416 e. The summed E-state index contributed by atoms with van der Waals surface area (Å²) in [6, 6.07) is 26.5. The fourth-order valence-electron chi connectivity index (χ4n) is 4.04. The van der Waals surface area contributed by atoms with Crippen molar-refractivity contribution in [1.29, 1.82) is 0 Å². The van der Waals surface area contributed by atoms with Gasteiger partial charge in [0, 0.05) is 40.4 Å². The summed E-state index contributed by atoms with van der Waals surface area (Å²) in [6.45, 7) is 2.28. The third kappa shape index (κ3) is 7.72. The molecule has 0 spiro atoms. The first-order valence-corrected chi connectivity index (χ1v) is 12.7. The van der Waals surface area contributed by atoms with E-state index in [1.165, 1.54) is 24.3 Å². The fraction of sp³-hybridized carbons (Fsp3) is 0.129. The number of rotatable bonds is 9. The Hall–Kier alpha value is -5.12. The summed E-state index contributed by atoms with van der Waals surface area (Å²) >= 11 is 0. The maximum absolute atomic E-state index is 13.0. The van der Waals surface area contributed by atoms with Crippen molar-refractivity contribution < 1.29 is 27.6 Å². The lowest BCUT2D eigenvalue weighted by Crippen LogP contribution is -2.30. The molecule has 0 radical (unpaired) electrons. The van der Waals surface area contributed by atoms with Crippen LogP contribution in [0.3, 0.4) is 0 Å². The van der Waals surface area contributed by atoms with Gasteiger partial charge in [-0.3, -0.25) is 14.4 Å². The molecule has 4 rings (SSSR count). The standard InChI is InChI=1S/C31H27F3N4O3/c1-2-38(27-12-4-3-5-13-27)30(41)21-14-16-24(17-15-21)36-28(39)20-35-25-10-6-8-22(18-25)29(40)37-26-11-7-9-23(19-26)31(32,33)34/h3-19,35H,2,20H2,1H3,(H,36,39)(H,37,40). The van der Waals surface area contributed by atoms with Crippen LogP contribution in [0.25, 0.3) is 0 Å². The highest BCUT2D eigenvalue weighted by molar-refractivity contribution is 6.06. The van der Waals surface area contributed by atoms with Crippen molar-refractivity contribution in [3.63, 3.8) is 0 Å². The lowest BCUT2D eigenvalue weighted by atomic mass is 10.1. The summed E-state index contributed by atoms with van der Waals surface area (Å²) in [6.07, 6.45) is -4.52. The molecule has 10 heteroatoms. The van der Waals surface area contributed by atoms with Gasteiger partial charge in [-0.2, -0.15) is 13.2 Å². The highest BCUT2D eigenvalue weighted by atomic mass is 19.4. The van der Waals surface area contributed by atoms with Gasteiger partial charge in [-0.15, -0.1) is 0 Å². The van der Waals surface area contributed by atoms with Crippen LogP contribution in [0.5, 0.6) is 0 Å². The Kier molecular flexibility index (Phi) is 9.03. The van der Waals surface area contributed by atoms with Crippen LogP contribution in [0.2, 0.25) is 0 Å². The summed E-state index contributed by atoms with van der Waals surface area (Å²) in [5, 5.41) is 8.12. The number of hydrogen-bond acceptors (Lipinski definition) is 4. The third-order valence-corrected chi connectivity index (χ3v) is 6.07. The first-order valence-electron chi connectivity index (χ1n) is 12.7. The Morgan fingerprint density at radius 2 is 1.39 bits per heavy atom. The molecule has 7 nitrogen and oxygen atoms in total. The minimum atomic E-state index is -4.52. The molecule has 0 fully saturated rings. The van der Waals surface area contributed by atoms with Crippen LogP contribution in [-0.2, 0) is 11.0 Å². The number of halogens is 3. The smallest absolute Gasteiger partial charge is 0.376 e. The Bertz CT molecular complexity index is 1520. The monoisotopic (exact) mass is 560 g/mol. The van der Waals surface area contributed by atoms with Crippen LogP contribution in [0.4, 0.5) is 35.9 Å². The molecule has 0 aliphatic heterocycles. The van der Waals surface area contributed by atoms with Gasteiger partial charge in [-0.1, -0.05) is 30.3 Å². The molecule has 0 saturated heterocycles. The number of para-hydroxylation sites is 1. The predicted octanol–water partition coefficient (Wildman–Crippen LogP) is 6.68. The molecule has 0 heterocycles. The van der Waals surface area contributed by atoms with Gasteiger partial charge in [-0.25, -0.2) is 0 Å². The number of amides is 3. The quantitative estimate of drug-likeness (QED) is 0.213. The number of carbonyl (C=O) groups is 3. The molecule has 41 heavy (non-hydrogen) atoms. The number of anilines is 4. The Morgan fingerprint density at radius 1 is 0.707 bits per heavy atom. The molecule has 0 unspecified atom stereocenters. The number of benzene rings is 4. The van der Waals surface area contributed by atoms with Gasteiger partial charge in [0.2, 0.25) is 5.91 Å². The maximum Gasteiger partial charge on any atom is 0.416 e. The predicted molar refractivity (Wildman–Crippen MR) is 153 cm³/mol.